The Morgan fingerprint density at radius 3 is 2.00 bits per heavy atom. The monoisotopic (exact) mass is 225 g/mol. The summed E-state index contributed by atoms with van der Waals surface area (Å²) in [5.74, 6) is -1.80. The summed E-state index contributed by atoms with van der Waals surface area (Å²) in [4.78, 5) is 29.6. The minimum atomic E-state index is -0.944. The van der Waals surface area contributed by atoms with Crippen LogP contribution in [0, 0.1) is 0 Å². The molecular formula is C7H12ClNO5. The highest BCUT2D eigenvalue weighted by molar-refractivity contribution is 5.90. The van der Waals surface area contributed by atoms with E-state index in [0.29, 0.717) is 0 Å². The van der Waals surface area contributed by atoms with Crippen molar-refractivity contribution in [1.82, 2.24) is 5.32 Å². The molecule has 0 aromatic heterocycles. The van der Waals surface area contributed by atoms with Gasteiger partial charge in [0.2, 0.25) is 0 Å². The van der Waals surface area contributed by atoms with E-state index in [9.17, 15) is 9.59 Å². The molecule has 1 aliphatic rings. The van der Waals surface area contributed by atoms with Gasteiger partial charge in [0.25, 0.3) is 5.97 Å². The molecule has 1 rings (SSSR count). The second-order valence-electron chi connectivity index (χ2n) is 2.53. The number of Topliss-reactive ketones (excluding diaryl/α,β-unsaturated/α-hetero) is 1. The van der Waals surface area contributed by atoms with Crippen molar-refractivity contribution in [2.75, 3.05) is 6.54 Å². The number of carbonyl (C=O) groups is 3. The maximum absolute atomic E-state index is 10.4. The van der Waals surface area contributed by atoms with Crippen molar-refractivity contribution >= 4 is 30.1 Å². The first-order chi connectivity index (χ1) is 5.93. The van der Waals surface area contributed by atoms with Crippen LogP contribution < -0.4 is 5.32 Å². The Labute approximate surface area is 86.7 Å². The third kappa shape index (κ3) is 7.51. The number of hydrogen-bond donors (Lipinski definition) is 3. The average molecular weight is 226 g/mol. The van der Waals surface area contributed by atoms with Crippen LogP contribution >= 0.6 is 12.4 Å². The van der Waals surface area contributed by atoms with Crippen LogP contribution in [0.25, 0.3) is 0 Å². The first-order valence-electron chi connectivity index (χ1n) is 3.61. The van der Waals surface area contributed by atoms with E-state index in [-0.39, 0.29) is 31.2 Å². The van der Waals surface area contributed by atoms with Gasteiger partial charge in [0.15, 0.2) is 0 Å². The molecule has 1 aliphatic heterocycles. The van der Waals surface area contributed by atoms with Gasteiger partial charge in [-0.15, -0.1) is 12.4 Å². The lowest BCUT2D eigenvalue weighted by Gasteiger charge is -1.98. The van der Waals surface area contributed by atoms with E-state index in [1.807, 2.05) is 0 Å². The molecule has 1 heterocycles. The lowest BCUT2D eigenvalue weighted by molar-refractivity contribution is -0.139. The van der Waals surface area contributed by atoms with Crippen LogP contribution in [0.1, 0.15) is 13.3 Å². The van der Waals surface area contributed by atoms with Crippen molar-refractivity contribution in [3.63, 3.8) is 0 Å². The van der Waals surface area contributed by atoms with Crippen LogP contribution in [0.15, 0.2) is 0 Å². The zero-order valence-corrected chi connectivity index (χ0v) is 8.34. The number of nitrogens with one attached hydrogen (secondary N) is 1. The molecule has 0 aromatic rings. The van der Waals surface area contributed by atoms with Gasteiger partial charge in [-0.25, -0.2) is 0 Å². The number of carbonyl (C=O) groups excluding carboxylic acids is 1. The molecule has 1 atom stereocenters. The molecule has 1 fully saturated rings. The zero-order valence-electron chi connectivity index (χ0n) is 7.52. The summed E-state index contributed by atoms with van der Waals surface area (Å²) < 4.78 is 0. The zero-order chi connectivity index (χ0) is 10.4. The molecule has 7 heteroatoms. The Morgan fingerprint density at radius 1 is 1.43 bits per heavy atom. The Hall–Kier alpha value is -1.14. The third-order valence-corrected chi connectivity index (χ3v) is 1.28. The molecule has 0 bridgehead atoms. The van der Waals surface area contributed by atoms with Crippen molar-refractivity contribution in [2.24, 2.45) is 0 Å². The number of halogens is 1. The van der Waals surface area contributed by atoms with Crippen molar-refractivity contribution in [2.45, 2.75) is 19.4 Å². The molecule has 0 radical (unpaired) electrons. The first-order valence-corrected chi connectivity index (χ1v) is 3.61. The highest BCUT2D eigenvalue weighted by Crippen LogP contribution is 2.00. The number of ketones is 1. The van der Waals surface area contributed by atoms with E-state index in [1.54, 1.807) is 0 Å². The van der Waals surface area contributed by atoms with Crippen molar-refractivity contribution in [3.05, 3.63) is 0 Å². The van der Waals surface area contributed by atoms with Crippen molar-refractivity contribution in [3.8, 4) is 0 Å². The number of hydrogen-bond acceptors (Lipinski definition) is 4. The fourth-order valence-corrected chi connectivity index (χ4v) is 0.784. The number of rotatable bonds is 1. The summed E-state index contributed by atoms with van der Waals surface area (Å²) in [6, 6.07) is -0.641. The molecule has 0 saturated carbocycles. The lowest BCUT2D eigenvalue weighted by Crippen LogP contribution is -2.29. The Bertz CT molecular complexity index is 226. The van der Waals surface area contributed by atoms with Gasteiger partial charge in [0.05, 0.1) is 6.54 Å². The second kappa shape index (κ2) is 7.28. The SMILES string of the molecule is CC(=O)O.Cl.O=C1CNC(C(=O)O)C1. The quantitative estimate of drug-likeness (QED) is 0.557. The molecule has 3 N–H and O–H groups in total. The second-order valence-corrected chi connectivity index (χ2v) is 2.53. The Kier molecular flexibility index (Phi) is 7.98. The van der Waals surface area contributed by atoms with E-state index < -0.39 is 18.0 Å². The van der Waals surface area contributed by atoms with Gasteiger partial charge in [-0.3, -0.25) is 19.7 Å². The van der Waals surface area contributed by atoms with Crippen LogP contribution in [0.4, 0.5) is 0 Å². The third-order valence-electron chi connectivity index (χ3n) is 1.28. The topological polar surface area (TPSA) is 104 Å². The number of aliphatic carboxylic acids is 2. The molecule has 0 aromatic carbocycles. The minimum Gasteiger partial charge on any atom is -0.481 e. The summed E-state index contributed by atoms with van der Waals surface area (Å²) in [7, 11) is 0. The molecule has 0 aliphatic carbocycles. The fourth-order valence-electron chi connectivity index (χ4n) is 0.784. The molecule has 82 valence electrons. The summed E-state index contributed by atoms with van der Waals surface area (Å²) in [5, 5.41) is 18.3. The molecule has 1 unspecified atom stereocenters. The minimum absolute atomic E-state index is 0. The van der Waals surface area contributed by atoms with Gasteiger partial charge in [-0.1, -0.05) is 0 Å². The molecule has 0 amide bonds. The van der Waals surface area contributed by atoms with Crippen molar-refractivity contribution < 1.29 is 24.6 Å². The van der Waals surface area contributed by atoms with E-state index in [0.717, 1.165) is 6.92 Å². The maximum Gasteiger partial charge on any atom is 0.321 e. The predicted molar refractivity (Wildman–Crippen MR) is 49.6 cm³/mol. The number of carboxylic acid groups (broad SMARTS) is 2. The summed E-state index contributed by atoms with van der Waals surface area (Å²) in [6.45, 7) is 1.29. The van der Waals surface area contributed by atoms with Gasteiger partial charge in [0.1, 0.15) is 11.8 Å². The van der Waals surface area contributed by atoms with E-state index in [1.165, 1.54) is 0 Å². The summed E-state index contributed by atoms with van der Waals surface area (Å²) in [5.41, 5.74) is 0. The van der Waals surface area contributed by atoms with Gasteiger partial charge in [-0.2, -0.15) is 0 Å². The van der Waals surface area contributed by atoms with Crippen molar-refractivity contribution in [1.29, 1.82) is 0 Å². The summed E-state index contributed by atoms with van der Waals surface area (Å²) in [6.07, 6.45) is 0.134. The van der Waals surface area contributed by atoms with Gasteiger partial charge in [-0.05, 0) is 0 Å². The van der Waals surface area contributed by atoms with Gasteiger partial charge >= 0.3 is 5.97 Å². The predicted octanol–water partition coefficient (Wildman–Crippen LogP) is -0.485. The highest BCUT2D eigenvalue weighted by Gasteiger charge is 2.26. The van der Waals surface area contributed by atoms with Gasteiger partial charge < -0.3 is 10.2 Å². The van der Waals surface area contributed by atoms with Gasteiger partial charge in [0, 0.05) is 13.3 Å². The van der Waals surface area contributed by atoms with E-state index >= 15 is 0 Å². The molecule has 14 heavy (non-hydrogen) atoms. The van der Waals surface area contributed by atoms with E-state index in [2.05, 4.69) is 5.32 Å². The van der Waals surface area contributed by atoms with Crippen LogP contribution in [0.2, 0.25) is 0 Å². The fraction of sp³-hybridized carbons (Fsp3) is 0.571. The highest BCUT2D eigenvalue weighted by atomic mass is 35.5. The largest absolute Gasteiger partial charge is 0.481 e. The smallest absolute Gasteiger partial charge is 0.321 e. The molecule has 1 saturated heterocycles. The standard InChI is InChI=1S/C5H7NO3.C2H4O2.ClH/c7-3-1-4(5(8)9)6-2-3;1-2(3)4;/h4,6H,1-2H2,(H,8,9);1H3,(H,3,4);1H. The Morgan fingerprint density at radius 2 is 1.86 bits per heavy atom. The van der Waals surface area contributed by atoms with Crippen LogP contribution in [0.3, 0.4) is 0 Å². The van der Waals surface area contributed by atoms with Crippen LogP contribution in [-0.4, -0.2) is 40.5 Å². The lowest BCUT2D eigenvalue weighted by atomic mass is 10.2. The van der Waals surface area contributed by atoms with Crippen LogP contribution in [-0.2, 0) is 14.4 Å². The summed E-state index contributed by atoms with van der Waals surface area (Å²) >= 11 is 0. The maximum atomic E-state index is 10.4. The number of carboxylic acids is 2. The average Bonchev–Trinajstić information content (AvgIpc) is 2.34. The van der Waals surface area contributed by atoms with Crippen LogP contribution in [0.5, 0.6) is 0 Å². The molecular weight excluding hydrogens is 214 g/mol. The normalized spacial score (nSPS) is 18.9. The molecule has 0 spiro atoms. The van der Waals surface area contributed by atoms with E-state index in [4.69, 9.17) is 15.0 Å². The Balaban J connectivity index is 0. The molecule has 6 nitrogen and oxygen atoms in total. The first kappa shape index (κ1) is 15.3.